The minimum absolute atomic E-state index is 0.00922. The van der Waals surface area contributed by atoms with Crippen molar-refractivity contribution in [3.05, 3.63) is 102 Å². The van der Waals surface area contributed by atoms with Gasteiger partial charge in [0.2, 0.25) is 5.91 Å². The van der Waals surface area contributed by atoms with Crippen LogP contribution < -0.4 is 15.0 Å². The van der Waals surface area contributed by atoms with E-state index in [2.05, 4.69) is 84.7 Å². The Hall–Kier alpha value is -3.79. The summed E-state index contributed by atoms with van der Waals surface area (Å²) in [5.74, 6) is 0.928. The standard InChI is InChI=1S/C30H26N2O2/c1-29(2)23-14-8-9-15-24(23)32-27(28(33)31-20-11-4-3-5-12-20)22-18-30(29,32)34-25-17-16-19-10-6-7-13-21(19)26(22)25/h3-17,22,27H,18H2,1-2H3,(H,31,33)/t22-,27+,30-/m1/s1. The molecule has 4 heteroatoms. The highest BCUT2D eigenvalue weighted by Gasteiger charge is 2.70. The predicted molar refractivity (Wildman–Crippen MR) is 135 cm³/mol. The molecular formula is C30H26N2O2. The van der Waals surface area contributed by atoms with E-state index in [1.54, 1.807) is 0 Å². The van der Waals surface area contributed by atoms with Gasteiger partial charge >= 0.3 is 0 Å². The van der Waals surface area contributed by atoms with E-state index in [0.717, 1.165) is 29.1 Å². The third-order valence-electron chi connectivity index (χ3n) is 8.25. The molecule has 3 aliphatic heterocycles. The van der Waals surface area contributed by atoms with Gasteiger partial charge in [0, 0.05) is 29.3 Å². The van der Waals surface area contributed by atoms with Crippen molar-refractivity contribution >= 4 is 28.1 Å². The minimum Gasteiger partial charge on any atom is -0.467 e. The number of amides is 1. The molecule has 0 aromatic heterocycles. The number of nitrogens with zero attached hydrogens (tertiary/aromatic N) is 1. The van der Waals surface area contributed by atoms with E-state index < -0.39 is 5.72 Å². The number of ether oxygens (including phenoxy) is 1. The zero-order valence-electron chi connectivity index (χ0n) is 19.3. The number of carbonyl (C=O) groups is 1. The maximum atomic E-state index is 14.1. The van der Waals surface area contributed by atoms with Crippen LogP contribution in [0.4, 0.5) is 11.4 Å². The lowest BCUT2D eigenvalue weighted by atomic mass is 9.72. The number of carbonyl (C=O) groups excluding carboxylic acids is 1. The minimum atomic E-state index is -0.616. The Kier molecular flexibility index (Phi) is 3.83. The molecule has 7 rings (SSSR count). The molecule has 0 aliphatic carbocycles. The lowest BCUT2D eigenvalue weighted by molar-refractivity contribution is -0.117. The summed E-state index contributed by atoms with van der Waals surface area (Å²) >= 11 is 0. The van der Waals surface area contributed by atoms with E-state index in [9.17, 15) is 4.79 Å². The van der Waals surface area contributed by atoms with Crippen LogP contribution in [-0.2, 0) is 10.2 Å². The van der Waals surface area contributed by atoms with Crippen molar-refractivity contribution in [2.24, 2.45) is 0 Å². The smallest absolute Gasteiger partial charge is 0.247 e. The summed E-state index contributed by atoms with van der Waals surface area (Å²) < 4.78 is 7.02. The van der Waals surface area contributed by atoms with E-state index >= 15 is 0 Å². The normalized spacial score (nSPS) is 25.3. The van der Waals surface area contributed by atoms with E-state index in [4.69, 9.17) is 4.74 Å². The van der Waals surface area contributed by atoms with Crippen LogP contribution in [-0.4, -0.2) is 17.7 Å². The van der Waals surface area contributed by atoms with Crippen molar-refractivity contribution in [3.63, 3.8) is 0 Å². The number of nitrogens with one attached hydrogen (secondary N) is 1. The molecule has 3 aliphatic rings. The second-order valence-electron chi connectivity index (χ2n) is 10.2. The second-order valence-corrected chi connectivity index (χ2v) is 10.2. The van der Waals surface area contributed by atoms with Crippen LogP contribution in [0.5, 0.6) is 5.75 Å². The molecule has 1 N–H and O–H groups in total. The Morgan fingerprint density at radius 1 is 0.912 bits per heavy atom. The Morgan fingerprint density at radius 2 is 1.65 bits per heavy atom. The summed E-state index contributed by atoms with van der Waals surface area (Å²) in [4.78, 5) is 16.3. The molecule has 1 fully saturated rings. The van der Waals surface area contributed by atoms with Gasteiger partial charge in [-0.1, -0.05) is 66.7 Å². The van der Waals surface area contributed by atoms with Crippen LogP contribution in [0.1, 0.15) is 37.3 Å². The van der Waals surface area contributed by atoms with Crippen LogP contribution in [0.15, 0.2) is 91.0 Å². The van der Waals surface area contributed by atoms with Crippen molar-refractivity contribution in [2.45, 2.75) is 43.4 Å². The Balaban J connectivity index is 1.46. The van der Waals surface area contributed by atoms with Crippen molar-refractivity contribution in [1.82, 2.24) is 0 Å². The first kappa shape index (κ1) is 19.7. The number of hydrogen-bond acceptors (Lipinski definition) is 3. The first-order chi connectivity index (χ1) is 16.5. The molecule has 1 amide bonds. The largest absolute Gasteiger partial charge is 0.467 e. The number of rotatable bonds is 2. The number of hydrogen-bond donors (Lipinski definition) is 1. The Labute approximate surface area is 199 Å². The quantitative estimate of drug-likeness (QED) is 0.397. The molecule has 2 bridgehead atoms. The van der Waals surface area contributed by atoms with E-state index in [0.29, 0.717) is 0 Å². The molecule has 1 saturated heterocycles. The van der Waals surface area contributed by atoms with Gasteiger partial charge in [-0.15, -0.1) is 0 Å². The van der Waals surface area contributed by atoms with Gasteiger partial charge in [0.1, 0.15) is 11.8 Å². The lowest BCUT2D eigenvalue weighted by Gasteiger charge is -2.45. The van der Waals surface area contributed by atoms with Crippen molar-refractivity contribution in [1.29, 1.82) is 0 Å². The zero-order chi connectivity index (χ0) is 23.1. The van der Waals surface area contributed by atoms with E-state index in [-0.39, 0.29) is 23.3 Å². The number of benzene rings is 4. The van der Waals surface area contributed by atoms with Gasteiger partial charge < -0.3 is 15.0 Å². The van der Waals surface area contributed by atoms with Gasteiger partial charge in [0.25, 0.3) is 0 Å². The number of fused-ring (bicyclic) bond motifs is 7. The first-order valence-corrected chi connectivity index (χ1v) is 12.0. The molecule has 4 aromatic carbocycles. The summed E-state index contributed by atoms with van der Waals surface area (Å²) in [5, 5.41) is 5.55. The summed E-state index contributed by atoms with van der Waals surface area (Å²) in [6.45, 7) is 4.51. The van der Waals surface area contributed by atoms with Crippen LogP contribution in [0.2, 0.25) is 0 Å². The molecular weight excluding hydrogens is 420 g/mol. The second kappa shape index (κ2) is 6.63. The van der Waals surface area contributed by atoms with Crippen LogP contribution in [0, 0.1) is 0 Å². The highest BCUT2D eigenvalue weighted by atomic mass is 16.5. The fourth-order valence-electron chi connectivity index (χ4n) is 6.68. The molecule has 34 heavy (non-hydrogen) atoms. The van der Waals surface area contributed by atoms with Gasteiger partial charge in [-0.25, -0.2) is 0 Å². The van der Waals surface area contributed by atoms with Gasteiger partial charge in [0.05, 0.1) is 5.41 Å². The third kappa shape index (κ3) is 2.35. The van der Waals surface area contributed by atoms with Gasteiger partial charge in [-0.3, -0.25) is 4.79 Å². The number of para-hydroxylation sites is 2. The maximum Gasteiger partial charge on any atom is 0.247 e. The first-order valence-electron chi connectivity index (χ1n) is 12.0. The Bertz CT molecular complexity index is 1460. The molecule has 3 heterocycles. The molecule has 3 atom stereocenters. The maximum absolute atomic E-state index is 14.1. The third-order valence-corrected chi connectivity index (χ3v) is 8.25. The molecule has 4 aromatic rings. The fourth-order valence-corrected chi connectivity index (χ4v) is 6.68. The van der Waals surface area contributed by atoms with Gasteiger partial charge in [-0.2, -0.15) is 0 Å². The molecule has 0 unspecified atom stereocenters. The van der Waals surface area contributed by atoms with Gasteiger partial charge in [0.15, 0.2) is 5.72 Å². The van der Waals surface area contributed by atoms with Crippen molar-refractivity contribution < 1.29 is 9.53 Å². The molecule has 1 spiro atoms. The SMILES string of the molecule is CC1(C)c2ccccc2N2[C@H](C(=O)Nc3ccccc3)[C@@H]3C[C@]21Oc1ccc2ccccc2c13. The lowest BCUT2D eigenvalue weighted by Crippen LogP contribution is -2.59. The topological polar surface area (TPSA) is 41.6 Å². The van der Waals surface area contributed by atoms with Crippen LogP contribution in [0.3, 0.4) is 0 Å². The fraction of sp³-hybridized carbons (Fsp3) is 0.233. The summed E-state index contributed by atoms with van der Waals surface area (Å²) in [7, 11) is 0. The highest BCUT2D eigenvalue weighted by Crippen LogP contribution is 2.65. The van der Waals surface area contributed by atoms with Crippen molar-refractivity contribution in [3.8, 4) is 5.75 Å². The van der Waals surface area contributed by atoms with Gasteiger partial charge in [-0.05, 0) is 54.4 Å². The van der Waals surface area contributed by atoms with Crippen molar-refractivity contribution in [2.75, 3.05) is 10.2 Å². The monoisotopic (exact) mass is 446 g/mol. The Morgan fingerprint density at radius 3 is 2.50 bits per heavy atom. The van der Waals surface area contributed by atoms with E-state index in [1.807, 2.05) is 30.3 Å². The summed E-state index contributed by atoms with van der Waals surface area (Å²) in [6, 6.07) is 30.5. The molecule has 4 nitrogen and oxygen atoms in total. The number of anilines is 2. The average molecular weight is 447 g/mol. The summed E-state index contributed by atoms with van der Waals surface area (Å²) in [6.07, 6.45) is 0.766. The molecule has 0 saturated carbocycles. The zero-order valence-corrected chi connectivity index (χ0v) is 19.3. The van der Waals surface area contributed by atoms with Crippen LogP contribution >= 0.6 is 0 Å². The molecule has 168 valence electrons. The average Bonchev–Trinajstić information content (AvgIpc) is 3.23. The van der Waals surface area contributed by atoms with E-state index in [1.165, 1.54) is 16.3 Å². The highest BCUT2D eigenvalue weighted by molar-refractivity contribution is 6.01. The predicted octanol–water partition coefficient (Wildman–Crippen LogP) is 6.22. The summed E-state index contributed by atoms with van der Waals surface area (Å²) in [5.41, 5.74) is 3.39. The molecule has 0 radical (unpaired) electrons. The van der Waals surface area contributed by atoms with Crippen LogP contribution in [0.25, 0.3) is 10.8 Å².